The van der Waals surface area contributed by atoms with Gasteiger partial charge in [-0.3, -0.25) is 4.79 Å². The number of carbonyl (C=O) groups is 1. The monoisotopic (exact) mass is 338 g/mol. The summed E-state index contributed by atoms with van der Waals surface area (Å²) in [6.45, 7) is 5.40. The molecule has 128 valence electrons. The Morgan fingerprint density at radius 3 is 2.48 bits per heavy atom. The molecule has 1 rings (SSSR count). The van der Waals surface area contributed by atoms with Crippen molar-refractivity contribution < 1.29 is 13.2 Å². The van der Waals surface area contributed by atoms with E-state index in [9.17, 15) is 13.2 Å². The summed E-state index contributed by atoms with van der Waals surface area (Å²) in [6, 6.07) is 9.89. The Morgan fingerprint density at radius 1 is 1.26 bits per heavy atom. The Labute approximate surface area is 139 Å². The highest BCUT2D eigenvalue weighted by Gasteiger charge is 2.14. The molecule has 1 aromatic rings. The van der Waals surface area contributed by atoms with Crippen LogP contribution in [0.1, 0.15) is 25.8 Å². The minimum absolute atomic E-state index is 0.0486. The Bertz CT molecular complexity index is 610. The molecule has 0 radical (unpaired) electrons. The average molecular weight is 338 g/mol. The number of rotatable bonds is 9. The fraction of sp³-hybridized carbons (Fsp3) is 0.471. The Kier molecular flexibility index (Phi) is 7.98. The lowest BCUT2D eigenvalue weighted by Gasteiger charge is -2.23. The molecule has 0 atom stereocenters. The van der Waals surface area contributed by atoms with Crippen LogP contribution in [0, 0.1) is 5.92 Å². The number of hydrogen-bond acceptors (Lipinski definition) is 3. The van der Waals surface area contributed by atoms with E-state index < -0.39 is 10.0 Å². The van der Waals surface area contributed by atoms with Gasteiger partial charge in [0.15, 0.2) is 0 Å². The second kappa shape index (κ2) is 9.47. The van der Waals surface area contributed by atoms with Crippen molar-refractivity contribution in [3.8, 4) is 0 Å². The molecule has 1 amide bonds. The van der Waals surface area contributed by atoms with Gasteiger partial charge < -0.3 is 4.90 Å². The van der Waals surface area contributed by atoms with Crippen molar-refractivity contribution in [2.24, 2.45) is 5.92 Å². The predicted molar refractivity (Wildman–Crippen MR) is 94.4 cm³/mol. The zero-order chi connectivity index (χ0) is 17.3. The fourth-order valence-corrected chi connectivity index (χ4v) is 2.57. The summed E-state index contributed by atoms with van der Waals surface area (Å²) >= 11 is 0. The summed E-state index contributed by atoms with van der Waals surface area (Å²) < 4.78 is 24.4. The molecule has 0 aliphatic carbocycles. The van der Waals surface area contributed by atoms with Gasteiger partial charge in [-0.25, -0.2) is 13.1 Å². The fourth-order valence-electron chi connectivity index (χ4n) is 2.10. The van der Waals surface area contributed by atoms with Gasteiger partial charge in [0.25, 0.3) is 0 Å². The molecular formula is C17H26N2O3S. The first kappa shape index (κ1) is 19.4. The van der Waals surface area contributed by atoms with Gasteiger partial charge in [-0.05, 0) is 11.5 Å². The van der Waals surface area contributed by atoms with Gasteiger partial charge in [-0.1, -0.05) is 56.3 Å². The van der Waals surface area contributed by atoms with Crippen LogP contribution in [0.25, 0.3) is 6.08 Å². The van der Waals surface area contributed by atoms with Crippen molar-refractivity contribution in [3.63, 3.8) is 0 Å². The third-order valence-corrected chi connectivity index (χ3v) is 3.81. The highest BCUT2D eigenvalue weighted by atomic mass is 32.2. The van der Waals surface area contributed by atoms with Crippen LogP contribution < -0.4 is 4.72 Å². The Hall–Kier alpha value is -1.66. The van der Waals surface area contributed by atoms with Crippen molar-refractivity contribution in [2.75, 3.05) is 25.9 Å². The van der Waals surface area contributed by atoms with E-state index in [0.29, 0.717) is 19.0 Å². The minimum atomic E-state index is -3.26. The molecule has 0 bridgehead atoms. The molecular weight excluding hydrogens is 312 g/mol. The minimum Gasteiger partial charge on any atom is -0.339 e. The van der Waals surface area contributed by atoms with Crippen LogP contribution in [-0.2, 0) is 14.8 Å². The summed E-state index contributed by atoms with van der Waals surface area (Å²) in [5.74, 6) is 0.305. The first-order valence-corrected chi connectivity index (χ1v) is 9.61. The molecule has 0 spiro atoms. The van der Waals surface area contributed by atoms with Gasteiger partial charge in [0.1, 0.15) is 0 Å². The summed E-state index contributed by atoms with van der Waals surface area (Å²) in [5.41, 5.74) is 1.09. The number of nitrogens with zero attached hydrogens (tertiary/aromatic N) is 1. The lowest BCUT2D eigenvalue weighted by molar-refractivity contribution is -0.131. The first-order chi connectivity index (χ1) is 10.8. The summed E-state index contributed by atoms with van der Waals surface area (Å²) in [5, 5.41) is 0. The average Bonchev–Trinajstić information content (AvgIpc) is 2.45. The molecule has 1 N–H and O–H groups in total. The molecule has 0 aromatic heterocycles. The molecule has 6 heteroatoms. The van der Waals surface area contributed by atoms with E-state index in [4.69, 9.17) is 0 Å². The standard InChI is InChI=1S/C17H26N2O3S/c1-15(2)14-19(17(20)11-12-18-23(3,21)22)13-7-10-16-8-5-4-6-9-16/h4-10,15,18H,11-14H2,1-3H3/b10-7+. The van der Waals surface area contributed by atoms with Crippen LogP contribution in [0.4, 0.5) is 0 Å². The molecule has 0 saturated heterocycles. The Morgan fingerprint density at radius 2 is 1.91 bits per heavy atom. The maximum absolute atomic E-state index is 12.3. The third kappa shape index (κ3) is 9.15. The summed E-state index contributed by atoms with van der Waals surface area (Å²) in [4.78, 5) is 14.0. The van der Waals surface area contributed by atoms with Gasteiger partial charge >= 0.3 is 0 Å². The number of nitrogens with one attached hydrogen (secondary N) is 1. The molecule has 0 fully saturated rings. The molecule has 0 unspecified atom stereocenters. The SMILES string of the molecule is CC(C)CN(C/C=C/c1ccccc1)C(=O)CCNS(C)(=O)=O. The van der Waals surface area contributed by atoms with Crippen LogP contribution in [-0.4, -0.2) is 45.1 Å². The van der Waals surface area contributed by atoms with Crippen molar-refractivity contribution >= 4 is 22.0 Å². The maximum Gasteiger partial charge on any atom is 0.224 e. The van der Waals surface area contributed by atoms with Crippen molar-refractivity contribution in [3.05, 3.63) is 42.0 Å². The molecule has 0 aliphatic rings. The molecule has 0 aliphatic heterocycles. The molecule has 23 heavy (non-hydrogen) atoms. The predicted octanol–water partition coefficient (Wildman–Crippen LogP) is 2.12. The third-order valence-electron chi connectivity index (χ3n) is 3.08. The van der Waals surface area contributed by atoms with Crippen molar-refractivity contribution in [1.82, 2.24) is 9.62 Å². The van der Waals surface area contributed by atoms with Gasteiger partial charge in [0, 0.05) is 26.1 Å². The van der Waals surface area contributed by atoms with Gasteiger partial charge in [0.2, 0.25) is 15.9 Å². The van der Waals surface area contributed by atoms with E-state index in [2.05, 4.69) is 18.6 Å². The molecule has 0 heterocycles. The van der Waals surface area contributed by atoms with Gasteiger partial charge in [0.05, 0.1) is 6.26 Å². The first-order valence-electron chi connectivity index (χ1n) is 7.72. The second-order valence-corrected chi connectivity index (χ2v) is 7.76. The smallest absolute Gasteiger partial charge is 0.224 e. The Balaban J connectivity index is 2.57. The number of hydrogen-bond donors (Lipinski definition) is 1. The van der Waals surface area contributed by atoms with Crippen LogP contribution in [0.5, 0.6) is 0 Å². The van der Waals surface area contributed by atoms with Crippen molar-refractivity contribution in [1.29, 1.82) is 0 Å². The lowest BCUT2D eigenvalue weighted by atomic mass is 10.2. The highest BCUT2D eigenvalue weighted by Crippen LogP contribution is 2.05. The van der Waals surface area contributed by atoms with E-state index in [1.165, 1.54) is 0 Å². The van der Waals surface area contributed by atoms with Crippen LogP contribution >= 0.6 is 0 Å². The number of sulfonamides is 1. The second-order valence-electron chi connectivity index (χ2n) is 5.92. The summed E-state index contributed by atoms with van der Waals surface area (Å²) in [6.07, 6.45) is 5.19. The molecule has 0 saturated carbocycles. The maximum atomic E-state index is 12.3. The van der Waals surface area contributed by atoms with Crippen LogP contribution in [0.15, 0.2) is 36.4 Å². The van der Waals surface area contributed by atoms with Gasteiger partial charge in [-0.15, -0.1) is 0 Å². The van der Waals surface area contributed by atoms with E-state index in [1.54, 1.807) is 4.90 Å². The molecule has 5 nitrogen and oxygen atoms in total. The van der Waals surface area contributed by atoms with E-state index in [-0.39, 0.29) is 18.9 Å². The molecule has 1 aromatic carbocycles. The van der Waals surface area contributed by atoms with Gasteiger partial charge in [-0.2, -0.15) is 0 Å². The topological polar surface area (TPSA) is 66.5 Å². The largest absolute Gasteiger partial charge is 0.339 e. The lowest BCUT2D eigenvalue weighted by Crippen LogP contribution is -2.36. The normalized spacial score (nSPS) is 12.0. The zero-order valence-electron chi connectivity index (χ0n) is 14.0. The zero-order valence-corrected chi connectivity index (χ0v) is 14.8. The highest BCUT2D eigenvalue weighted by molar-refractivity contribution is 7.88. The number of carbonyl (C=O) groups excluding carboxylic acids is 1. The summed E-state index contributed by atoms with van der Waals surface area (Å²) in [7, 11) is -3.26. The number of amides is 1. The van der Waals surface area contributed by atoms with E-state index in [1.807, 2.05) is 42.5 Å². The van der Waals surface area contributed by atoms with Crippen LogP contribution in [0.2, 0.25) is 0 Å². The van der Waals surface area contributed by atoms with Crippen molar-refractivity contribution in [2.45, 2.75) is 20.3 Å². The number of benzene rings is 1. The van der Waals surface area contributed by atoms with E-state index in [0.717, 1.165) is 11.8 Å². The van der Waals surface area contributed by atoms with Crippen LogP contribution in [0.3, 0.4) is 0 Å². The van der Waals surface area contributed by atoms with E-state index >= 15 is 0 Å². The quantitative estimate of drug-likeness (QED) is 0.750.